The Morgan fingerprint density at radius 1 is 1.27 bits per heavy atom. The van der Waals surface area contributed by atoms with Gasteiger partial charge in [-0.2, -0.15) is 4.31 Å². The van der Waals surface area contributed by atoms with Gasteiger partial charge in [0.1, 0.15) is 11.6 Å². The molecule has 0 saturated heterocycles. The molecule has 7 heteroatoms. The van der Waals surface area contributed by atoms with Crippen LogP contribution < -0.4 is 0 Å². The molecular formula is C15H20N4O2S. The molecule has 0 aliphatic carbocycles. The van der Waals surface area contributed by atoms with Crippen LogP contribution in [0, 0.1) is 5.92 Å². The van der Waals surface area contributed by atoms with Crippen molar-refractivity contribution in [2.45, 2.75) is 25.9 Å². The van der Waals surface area contributed by atoms with Crippen molar-refractivity contribution in [2.24, 2.45) is 5.92 Å². The van der Waals surface area contributed by atoms with E-state index in [1.807, 2.05) is 6.07 Å². The van der Waals surface area contributed by atoms with Gasteiger partial charge in [-0.15, -0.1) is 10.2 Å². The smallest absolute Gasteiger partial charge is 0.211 e. The lowest BCUT2D eigenvalue weighted by Crippen LogP contribution is -2.26. The molecule has 0 radical (unpaired) electrons. The lowest BCUT2D eigenvalue weighted by atomic mass is 9.98. The molecule has 118 valence electrons. The van der Waals surface area contributed by atoms with E-state index < -0.39 is 10.0 Å². The highest BCUT2D eigenvalue weighted by Crippen LogP contribution is 2.24. The van der Waals surface area contributed by atoms with Crippen LogP contribution in [0.2, 0.25) is 0 Å². The molecule has 1 aliphatic heterocycles. The van der Waals surface area contributed by atoms with E-state index in [0.29, 0.717) is 5.92 Å². The van der Waals surface area contributed by atoms with E-state index in [4.69, 9.17) is 0 Å². The Bertz CT molecular complexity index is 755. The minimum Gasteiger partial charge on any atom is -0.314 e. The van der Waals surface area contributed by atoms with Crippen LogP contribution in [0.4, 0.5) is 0 Å². The van der Waals surface area contributed by atoms with Gasteiger partial charge in [0, 0.05) is 20.0 Å². The molecule has 1 unspecified atom stereocenters. The average Bonchev–Trinajstić information content (AvgIpc) is 3.00. The van der Waals surface area contributed by atoms with Gasteiger partial charge in [0.25, 0.3) is 0 Å². The topological polar surface area (TPSA) is 68.1 Å². The van der Waals surface area contributed by atoms with E-state index in [1.54, 1.807) is 7.05 Å². The van der Waals surface area contributed by atoms with Crippen LogP contribution in [0.15, 0.2) is 30.3 Å². The van der Waals surface area contributed by atoms with Gasteiger partial charge >= 0.3 is 0 Å². The number of rotatable bonds is 5. The van der Waals surface area contributed by atoms with Gasteiger partial charge in [-0.1, -0.05) is 30.3 Å². The first-order chi connectivity index (χ1) is 10.4. The summed E-state index contributed by atoms with van der Waals surface area (Å²) < 4.78 is 26.4. The highest BCUT2D eigenvalue weighted by molar-refractivity contribution is 7.88. The van der Waals surface area contributed by atoms with E-state index in [1.165, 1.54) is 16.1 Å². The largest absolute Gasteiger partial charge is 0.314 e. The number of aromatic nitrogens is 3. The third kappa shape index (κ3) is 3.20. The molecule has 0 bridgehead atoms. The third-order valence-electron chi connectivity index (χ3n) is 4.11. The van der Waals surface area contributed by atoms with Crippen LogP contribution in [0.1, 0.15) is 17.2 Å². The molecule has 1 aliphatic rings. The summed E-state index contributed by atoms with van der Waals surface area (Å²) in [5, 5.41) is 8.35. The van der Waals surface area contributed by atoms with E-state index in [0.717, 1.165) is 31.0 Å². The SMILES string of the molecule is CN(Cc1nnc2n1CC(Cc1ccccc1)C2)S(C)(=O)=O. The van der Waals surface area contributed by atoms with E-state index in [-0.39, 0.29) is 6.54 Å². The standard InChI is InChI=1S/C15H20N4O2S/c1-18(22(2,20)21)11-15-17-16-14-9-13(10-19(14)15)8-12-6-4-3-5-7-12/h3-7,13H,8-11H2,1-2H3. The summed E-state index contributed by atoms with van der Waals surface area (Å²) in [7, 11) is -1.64. The summed E-state index contributed by atoms with van der Waals surface area (Å²) in [4.78, 5) is 0. The normalized spacial score (nSPS) is 17.9. The second-order valence-electron chi connectivity index (χ2n) is 5.92. The van der Waals surface area contributed by atoms with Crippen LogP contribution in [-0.2, 0) is 36.0 Å². The number of benzene rings is 1. The minimum atomic E-state index is -3.21. The first-order valence-electron chi connectivity index (χ1n) is 7.29. The number of nitrogens with zero attached hydrogens (tertiary/aromatic N) is 4. The molecule has 0 spiro atoms. The zero-order chi connectivity index (χ0) is 15.7. The summed E-state index contributed by atoms with van der Waals surface area (Å²) >= 11 is 0. The molecule has 0 fully saturated rings. The molecule has 3 rings (SSSR count). The van der Waals surface area contributed by atoms with Gasteiger partial charge in [-0.25, -0.2) is 8.42 Å². The van der Waals surface area contributed by atoms with Crippen LogP contribution >= 0.6 is 0 Å². The Kier molecular flexibility index (Phi) is 4.01. The van der Waals surface area contributed by atoms with Crippen LogP contribution in [0.5, 0.6) is 0 Å². The van der Waals surface area contributed by atoms with Crippen molar-refractivity contribution in [1.29, 1.82) is 0 Å². The fourth-order valence-electron chi connectivity index (χ4n) is 2.83. The van der Waals surface area contributed by atoms with Crippen molar-refractivity contribution in [3.8, 4) is 0 Å². The van der Waals surface area contributed by atoms with E-state index in [9.17, 15) is 8.42 Å². The quantitative estimate of drug-likeness (QED) is 0.827. The van der Waals surface area contributed by atoms with Gasteiger partial charge in [-0.3, -0.25) is 0 Å². The van der Waals surface area contributed by atoms with E-state index >= 15 is 0 Å². The van der Waals surface area contributed by atoms with Gasteiger partial charge < -0.3 is 4.57 Å². The Morgan fingerprint density at radius 2 is 2.00 bits per heavy atom. The zero-order valence-electron chi connectivity index (χ0n) is 12.8. The maximum atomic E-state index is 11.5. The lowest BCUT2D eigenvalue weighted by molar-refractivity contribution is 0.437. The molecule has 6 nitrogen and oxygen atoms in total. The lowest BCUT2D eigenvalue weighted by Gasteiger charge is -2.14. The van der Waals surface area contributed by atoms with Crippen molar-refractivity contribution >= 4 is 10.0 Å². The van der Waals surface area contributed by atoms with Gasteiger partial charge in [-0.05, 0) is 17.9 Å². The summed E-state index contributed by atoms with van der Waals surface area (Å²) in [5.74, 6) is 2.17. The Balaban J connectivity index is 1.70. The Hall–Kier alpha value is -1.73. The zero-order valence-corrected chi connectivity index (χ0v) is 13.6. The number of hydrogen-bond acceptors (Lipinski definition) is 4. The van der Waals surface area contributed by atoms with Crippen LogP contribution in [-0.4, -0.2) is 40.8 Å². The summed E-state index contributed by atoms with van der Waals surface area (Å²) in [6, 6.07) is 10.4. The van der Waals surface area contributed by atoms with Crippen molar-refractivity contribution in [3.63, 3.8) is 0 Å². The molecule has 22 heavy (non-hydrogen) atoms. The number of sulfonamides is 1. The second-order valence-corrected chi connectivity index (χ2v) is 8.01. The average molecular weight is 320 g/mol. The maximum absolute atomic E-state index is 11.5. The molecular weight excluding hydrogens is 300 g/mol. The van der Waals surface area contributed by atoms with Crippen LogP contribution in [0.25, 0.3) is 0 Å². The summed E-state index contributed by atoms with van der Waals surface area (Å²) in [5.41, 5.74) is 1.32. The Labute approximate surface area is 130 Å². The summed E-state index contributed by atoms with van der Waals surface area (Å²) in [6.45, 7) is 1.12. The number of fused-ring (bicyclic) bond motifs is 1. The van der Waals surface area contributed by atoms with Crippen molar-refractivity contribution in [3.05, 3.63) is 47.5 Å². The molecule has 1 aromatic carbocycles. The molecule has 2 aromatic rings. The highest BCUT2D eigenvalue weighted by atomic mass is 32.2. The first-order valence-corrected chi connectivity index (χ1v) is 9.14. The molecule has 0 N–H and O–H groups in total. The third-order valence-corrected chi connectivity index (χ3v) is 5.37. The Morgan fingerprint density at radius 3 is 2.68 bits per heavy atom. The fourth-order valence-corrected chi connectivity index (χ4v) is 3.18. The van der Waals surface area contributed by atoms with Crippen molar-refractivity contribution < 1.29 is 8.42 Å². The first kappa shape index (κ1) is 15.2. The molecule has 2 heterocycles. The second kappa shape index (κ2) is 5.81. The summed E-state index contributed by atoms with van der Waals surface area (Å²) in [6.07, 6.45) is 3.10. The molecule has 0 saturated carbocycles. The van der Waals surface area contributed by atoms with Crippen LogP contribution in [0.3, 0.4) is 0 Å². The van der Waals surface area contributed by atoms with Crippen molar-refractivity contribution in [2.75, 3.05) is 13.3 Å². The van der Waals surface area contributed by atoms with Crippen molar-refractivity contribution in [1.82, 2.24) is 19.1 Å². The molecule has 1 atom stereocenters. The predicted octanol–water partition coefficient (Wildman–Crippen LogP) is 1.08. The monoisotopic (exact) mass is 320 g/mol. The predicted molar refractivity (Wildman–Crippen MR) is 83.7 cm³/mol. The van der Waals surface area contributed by atoms with Gasteiger partial charge in [0.05, 0.1) is 12.8 Å². The fraction of sp³-hybridized carbons (Fsp3) is 0.467. The number of hydrogen-bond donors (Lipinski definition) is 0. The highest BCUT2D eigenvalue weighted by Gasteiger charge is 2.27. The van der Waals surface area contributed by atoms with Gasteiger partial charge in [0.15, 0.2) is 0 Å². The molecule has 0 amide bonds. The van der Waals surface area contributed by atoms with E-state index in [2.05, 4.69) is 39.0 Å². The maximum Gasteiger partial charge on any atom is 0.211 e. The molecule has 1 aromatic heterocycles. The minimum absolute atomic E-state index is 0.268. The van der Waals surface area contributed by atoms with Gasteiger partial charge in [0.2, 0.25) is 10.0 Å².